The average Bonchev–Trinajstić information content (AvgIpc) is 2.97. The van der Waals surface area contributed by atoms with Gasteiger partial charge in [-0.15, -0.1) is 0 Å². The molecule has 1 heterocycles. The second kappa shape index (κ2) is 7.07. The van der Waals surface area contributed by atoms with Gasteiger partial charge in [-0.05, 0) is 36.8 Å². The summed E-state index contributed by atoms with van der Waals surface area (Å²) in [6.07, 6.45) is 0.585. The lowest BCUT2D eigenvalue weighted by Crippen LogP contribution is -1.98. The standard InChI is InChI=1S/C20H22O6/c1-11-14(13-6-7-15(22-2)18(21)19(13)26-11)8-12-9-16(23-3)20(25-5)17(10-12)24-4/h6-7,9-10,21H,8H2,1-5H3. The van der Waals surface area contributed by atoms with Gasteiger partial charge in [0, 0.05) is 17.4 Å². The third kappa shape index (κ3) is 2.87. The Morgan fingerprint density at radius 2 is 1.50 bits per heavy atom. The Labute approximate surface area is 151 Å². The van der Waals surface area contributed by atoms with Gasteiger partial charge in [0.1, 0.15) is 5.76 Å². The molecule has 0 bridgehead atoms. The number of hydrogen-bond acceptors (Lipinski definition) is 6. The normalized spacial score (nSPS) is 10.8. The molecule has 1 N–H and O–H groups in total. The predicted octanol–water partition coefficient (Wildman–Crippen LogP) is 4.07. The number of phenols is 1. The van der Waals surface area contributed by atoms with Crippen LogP contribution < -0.4 is 18.9 Å². The quantitative estimate of drug-likeness (QED) is 0.716. The molecule has 0 unspecified atom stereocenters. The molecule has 3 aromatic rings. The van der Waals surface area contributed by atoms with E-state index in [1.165, 1.54) is 7.11 Å². The van der Waals surface area contributed by atoms with Gasteiger partial charge in [-0.2, -0.15) is 0 Å². The zero-order chi connectivity index (χ0) is 18.8. The first-order chi connectivity index (χ1) is 12.5. The molecule has 0 saturated carbocycles. The number of phenolic OH excluding ortho intramolecular Hbond substituents is 1. The van der Waals surface area contributed by atoms with Gasteiger partial charge < -0.3 is 28.5 Å². The first-order valence-corrected chi connectivity index (χ1v) is 8.10. The van der Waals surface area contributed by atoms with Gasteiger partial charge in [-0.25, -0.2) is 0 Å². The fraction of sp³-hybridized carbons (Fsp3) is 0.300. The Hall–Kier alpha value is -3.02. The van der Waals surface area contributed by atoms with E-state index >= 15 is 0 Å². The molecule has 0 radical (unpaired) electrons. The highest BCUT2D eigenvalue weighted by Gasteiger charge is 2.19. The molecule has 6 heteroatoms. The van der Waals surface area contributed by atoms with Crippen LogP contribution in [0.2, 0.25) is 0 Å². The molecule has 0 spiro atoms. The highest BCUT2D eigenvalue weighted by Crippen LogP contribution is 2.41. The van der Waals surface area contributed by atoms with Crippen molar-refractivity contribution in [2.75, 3.05) is 28.4 Å². The first-order valence-electron chi connectivity index (χ1n) is 8.10. The van der Waals surface area contributed by atoms with Crippen LogP contribution in [0.1, 0.15) is 16.9 Å². The maximum absolute atomic E-state index is 10.3. The molecule has 26 heavy (non-hydrogen) atoms. The number of furan rings is 1. The van der Waals surface area contributed by atoms with E-state index in [0.717, 1.165) is 22.3 Å². The van der Waals surface area contributed by atoms with Crippen molar-refractivity contribution in [3.05, 3.63) is 41.2 Å². The zero-order valence-electron chi connectivity index (χ0n) is 15.5. The third-order valence-electron chi connectivity index (χ3n) is 4.43. The number of aryl methyl sites for hydroxylation is 1. The number of ether oxygens (including phenoxy) is 4. The molecular weight excluding hydrogens is 336 g/mol. The maximum Gasteiger partial charge on any atom is 0.203 e. The molecule has 0 atom stereocenters. The molecule has 0 saturated heterocycles. The van der Waals surface area contributed by atoms with E-state index in [-0.39, 0.29) is 5.75 Å². The Balaban J connectivity index is 2.09. The zero-order valence-corrected chi connectivity index (χ0v) is 15.5. The van der Waals surface area contributed by atoms with Crippen molar-refractivity contribution in [3.8, 4) is 28.7 Å². The van der Waals surface area contributed by atoms with Crippen molar-refractivity contribution in [2.24, 2.45) is 0 Å². The molecule has 0 amide bonds. The van der Waals surface area contributed by atoms with Crippen LogP contribution in [0, 0.1) is 6.92 Å². The second-order valence-corrected chi connectivity index (χ2v) is 5.84. The first kappa shape index (κ1) is 17.8. The molecule has 0 aliphatic carbocycles. The van der Waals surface area contributed by atoms with Gasteiger partial charge in [0.2, 0.25) is 11.5 Å². The number of fused-ring (bicyclic) bond motifs is 1. The van der Waals surface area contributed by atoms with Crippen molar-refractivity contribution in [1.29, 1.82) is 0 Å². The molecule has 0 aliphatic heterocycles. The molecular formula is C20H22O6. The molecule has 0 aliphatic rings. The summed E-state index contributed by atoms with van der Waals surface area (Å²) < 4.78 is 27.1. The number of aromatic hydroxyl groups is 1. The van der Waals surface area contributed by atoms with Crippen molar-refractivity contribution in [3.63, 3.8) is 0 Å². The average molecular weight is 358 g/mol. The minimum Gasteiger partial charge on any atom is -0.502 e. The lowest BCUT2D eigenvalue weighted by molar-refractivity contribution is 0.324. The minimum atomic E-state index is 0.00393. The fourth-order valence-electron chi connectivity index (χ4n) is 3.12. The van der Waals surface area contributed by atoms with Crippen molar-refractivity contribution < 1.29 is 28.5 Å². The lowest BCUT2D eigenvalue weighted by Gasteiger charge is -2.14. The molecule has 6 nitrogen and oxygen atoms in total. The Morgan fingerprint density at radius 1 is 0.885 bits per heavy atom. The summed E-state index contributed by atoms with van der Waals surface area (Å²) in [5.74, 6) is 2.86. The van der Waals surface area contributed by atoms with Gasteiger partial charge in [-0.3, -0.25) is 0 Å². The van der Waals surface area contributed by atoms with Gasteiger partial charge in [-0.1, -0.05) is 0 Å². The van der Waals surface area contributed by atoms with Gasteiger partial charge in [0.15, 0.2) is 22.8 Å². The highest BCUT2D eigenvalue weighted by molar-refractivity contribution is 5.89. The van der Waals surface area contributed by atoms with E-state index in [4.69, 9.17) is 23.4 Å². The summed E-state index contributed by atoms with van der Waals surface area (Å²) in [6.45, 7) is 1.87. The van der Waals surface area contributed by atoms with Gasteiger partial charge >= 0.3 is 0 Å². The van der Waals surface area contributed by atoms with E-state index in [2.05, 4.69) is 0 Å². The molecule has 0 fully saturated rings. The van der Waals surface area contributed by atoms with Crippen LogP contribution in [0.3, 0.4) is 0 Å². The van der Waals surface area contributed by atoms with E-state index in [0.29, 0.717) is 35.0 Å². The molecule has 3 rings (SSSR count). The predicted molar refractivity (Wildman–Crippen MR) is 98.1 cm³/mol. The van der Waals surface area contributed by atoms with Crippen LogP contribution in [0.15, 0.2) is 28.7 Å². The van der Waals surface area contributed by atoms with Crippen LogP contribution in [0.4, 0.5) is 0 Å². The molecule has 1 aromatic heterocycles. The number of methoxy groups -OCH3 is 4. The maximum atomic E-state index is 10.3. The van der Waals surface area contributed by atoms with Crippen molar-refractivity contribution in [1.82, 2.24) is 0 Å². The summed E-state index contributed by atoms with van der Waals surface area (Å²) in [5.41, 5.74) is 2.37. The Bertz CT molecular complexity index is 916. The van der Waals surface area contributed by atoms with Gasteiger partial charge in [0.25, 0.3) is 0 Å². The van der Waals surface area contributed by atoms with E-state index < -0.39 is 0 Å². The summed E-state index contributed by atoms with van der Waals surface area (Å²) in [4.78, 5) is 0. The van der Waals surface area contributed by atoms with Crippen molar-refractivity contribution >= 4 is 11.0 Å². The minimum absolute atomic E-state index is 0.00393. The van der Waals surface area contributed by atoms with E-state index in [9.17, 15) is 5.11 Å². The Kier molecular flexibility index (Phi) is 4.84. The van der Waals surface area contributed by atoms with E-state index in [1.807, 2.05) is 25.1 Å². The van der Waals surface area contributed by atoms with Crippen LogP contribution in [-0.4, -0.2) is 33.5 Å². The second-order valence-electron chi connectivity index (χ2n) is 5.84. The lowest BCUT2D eigenvalue weighted by atomic mass is 10.0. The SMILES string of the molecule is COc1cc(Cc2c(C)oc3c(O)c(OC)ccc23)cc(OC)c1OC. The molecule has 138 valence electrons. The number of benzene rings is 2. The summed E-state index contributed by atoms with van der Waals surface area (Å²) in [5, 5.41) is 11.2. The summed E-state index contributed by atoms with van der Waals surface area (Å²) in [6, 6.07) is 7.43. The monoisotopic (exact) mass is 358 g/mol. The van der Waals surface area contributed by atoms with Crippen LogP contribution >= 0.6 is 0 Å². The summed E-state index contributed by atoms with van der Waals surface area (Å²) in [7, 11) is 6.26. The number of hydrogen-bond donors (Lipinski definition) is 1. The smallest absolute Gasteiger partial charge is 0.203 e. The van der Waals surface area contributed by atoms with Crippen LogP contribution in [-0.2, 0) is 6.42 Å². The largest absolute Gasteiger partial charge is 0.502 e. The van der Waals surface area contributed by atoms with Crippen molar-refractivity contribution in [2.45, 2.75) is 13.3 Å². The van der Waals surface area contributed by atoms with Crippen LogP contribution in [0.25, 0.3) is 11.0 Å². The topological polar surface area (TPSA) is 70.3 Å². The van der Waals surface area contributed by atoms with Gasteiger partial charge in [0.05, 0.1) is 28.4 Å². The van der Waals surface area contributed by atoms with E-state index in [1.54, 1.807) is 27.4 Å². The third-order valence-corrected chi connectivity index (χ3v) is 4.43. The Morgan fingerprint density at radius 3 is 2.04 bits per heavy atom. The van der Waals surface area contributed by atoms with Crippen LogP contribution in [0.5, 0.6) is 28.7 Å². The number of rotatable bonds is 6. The fourth-order valence-corrected chi connectivity index (χ4v) is 3.12. The summed E-state index contributed by atoms with van der Waals surface area (Å²) >= 11 is 0. The highest BCUT2D eigenvalue weighted by atomic mass is 16.5. The molecule has 2 aromatic carbocycles.